The van der Waals surface area contributed by atoms with E-state index in [2.05, 4.69) is 38.4 Å². The van der Waals surface area contributed by atoms with Gasteiger partial charge in [-0.15, -0.1) is 11.3 Å². The molecule has 4 nitrogen and oxygen atoms in total. The maximum Gasteiger partial charge on any atom is 0.213 e. The average Bonchev–Trinajstić information content (AvgIpc) is 2.85. The molecule has 0 aliphatic carbocycles. The SMILES string of the molecule is Cc1ccsc1CNCCc1ncon1. The van der Waals surface area contributed by atoms with Crippen LogP contribution >= 0.6 is 11.3 Å². The van der Waals surface area contributed by atoms with E-state index in [1.54, 1.807) is 11.3 Å². The lowest BCUT2D eigenvalue weighted by Crippen LogP contribution is -2.16. The molecule has 0 spiro atoms. The van der Waals surface area contributed by atoms with E-state index in [1.807, 2.05) is 0 Å². The smallest absolute Gasteiger partial charge is 0.213 e. The van der Waals surface area contributed by atoms with E-state index in [9.17, 15) is 0 Å². The molecule has 0 saturated carbocycles. The Morgan fingerprint density at radius 2 is 2.47 bits per heavy atom. The Morgan fingerprint density at radius 1 is 1.53 bits per heavy atom. The van der Waals surface area contributed by atoms with Gasteiger partial charge in [0.25, 0.3) is 0 Å². The van der Waals surface area contributed by atoms with Crippen LogP contribution in [0.5, 0.6) is 0 Å². The zero-order chi connectivity index (χ0) is 10.5. The number of rotatable bonds is 5. The van der Waals surface area contributed by atoms with Gasteiger partial charge in [0, 0.05) is 24.4 Å². The molecular weight excluding hydrogens is 210 g/mol. The van der Waals surface area contributed by atoms with E-state index in [0.717, 1.165) is 25.3 Å². The number of aryl methyl sites for hydroxylation is 1. The molecule has 0 aliphatic heterocycles. The van der Waals surface area contributed by atoms with E-state index in [-0.39, 0.29) is 0 Å². The van der Waals surface area contributed by atoms with Crippen LogP contribution < -0.4 is 5.32 Å². The number of aromatic nitrogens is 2. The van der Waals surface area contributed by atoms with Crippen molar-refractivity contribution in [3.63, 3.8) is 0 Å². The average molecular weight is 223 g/mol. The third kappa shape index (κ3) is 2.87. The second-order valence-corrected chi connectivity index (χ2v) is 4.30. The van der Waals surface area contributed by atoms with Gasteiger partial charge in [-0.3, -0.25) is 0 Å². The molecule has 0 aliphatic rings. The molecule has 0 amide bonds. The van der Waals surface area contributed by atoms with Crippen molar-refractivity contribution < 1.29 is 4.52 Å². The topological polar surface area (TPSA) is 51.0 Å². The summed E-state index contributed by atoms with van der Waals surface area (Å²) in [6.45, 7) is 3.92. The van der Waals surface area contributed by atoms with Crippen LogP contribution in [0.1, 0.15) is 16.3 Å². The molecule has 80 valence electrons. The highest BCUT2D eigenvalue weighted by Crippen LogP contribution is 2.14. The molecule has 15 heavy (non-hydrogen) atoms. The lowest BCUT2D eigenvalue weighted by molar-refractivity contribution is 0.409. The van der Waals surface area contributed by atoms with Crippen LogP contribution in [0.25, 0.3) is 0 Å². The minimum Gasteiger partial charge on any atom is -0.343 e. The molecule has 2 rings (SSSR count). The number of hydrogen-bond acceptors (Lipinski definition) is 5. The summed E-state index contributed by atoms with van der Waals surface area (Å²) in [5.74, 6) is 0.755. The van der Waals surface area contributed by atoms with Crippen molar-refractivity contribution in [3.05, 3.63) is 34.1 Å². The molecule has 0 bridgehead atoms. The maximum absolute atomic E-state index is 4.65. The van der Waals surface area contributed by atoms with Crippen molar-refractivity contribution in [1.82, 2.24) is 15.5 Å². The number of nitrogens with one attached hydrogen (secondary N) is 1. The van der Waals surface area contributed by atoms with Gasteiger partial charge in [-0.1, -0.05) is 5.16 Å². The third-order valence-corrected chi connectivity index (χ3v) is 3.21. The highest BCUT2D eigenvalue weighted by molar-refractivity contribution is 7.10. The van der Waals surface area contributed by atoms with Gasteiger partial charge >= 0.3 is 0 Å². The zero-order valence-electron chi connectivity index (χ0n) is 8.56. The minimum absolute atomic E-state index is 0.755. The Morgan fingerprint density at radius 3 is 3.13 bits per heavy atom. The second-order valence-electron chi connectivity index (χ2n) is 3.30. The Labute approximate surface area is 92.3 Å². The third-order valence-electron chi connectivity index (χ3n) is 2.19. The highest BCUT2D eigenvalue weighted by atomic mass is 32.1. The van der Waals surface area contributed by atoms with Crippen LogP contribution in [0, 0.1) is 6.92 Å². The molecule has 2 aromatic heterocycles. The van der Waals surface area contributed by atoms with Crippen molar-refractivity contribution in [3.8, 4) is 0 Å². The normalized spacial score (nSPS) is 10.7. The lowest BCUT2D eigenvalue weighted by atomic mass is 10.3. The predicted molar refractivity (Wildman–Crippen MR) is 58.8 cm³/mol. The van der Waals surface area contributed by atoms with Crippen LogP contribution in [0.4, 0.5) is 0 Å². The summed E-state index contributed by atoms with van der Waals surface area (Å²) in [6, 6.07) is 2.14. The summed E-state index contributed by atoms with van der Waals surface area (Å²) in [6.07, 6.45) is 2.17. The van der Waals surface area contributed by atoms with Crippen LogP contribution in [0.15, 0.2) is 22.4 Å². The van der Waals surface area contributed by atoms with Crippen molar-refractivity contribution >= 4 is 11.3 Å². The first-order valence-electron chi connectivity index (χ1n) is 4.85. The first kappa shape index (κ1) is 10.3. The largest absolute Gasteiger partial charge is 0.343 e. The quantitative estimate of drug-likeness (QED) is 0.785. The lowest BCUT2D eigenvalue weighted by Gasteiger charge is -2.01. The Bertz CT molecular complexity index is 396. The Hall–Kier alpha value is -1.20. The molecule has 0 saturated heterocycles. The van der Waals surface area contributed by atoms with E-state index in [1.165, 1.54) is 16.8 Å². The molecular formula is C10H13N3OS. The van der Waals surface area contributed by atoms with E-state index in [4.69, 9.17) is 0 Å². The van der Waals surface area contributed by atoms with Crippen LogP contribution in [-0.4, -0.2) is 16.7 Å². The molecule has 0 atom stereocenters. The molecule has 0 unspecified atom stereocenters. The number of nitrogens with zero attached hydrogens (tertiary/aromatic N) is 2. The summed E-state index contributed by atoms with van der Waals surface area (Å²) in [5.41, 5.74) is 1.35. The van der Waals surface area contributed by atoms with Crippen LogP contribution in [-0.2, 0) is 13.0 Å². The van der Waals surface area contributed by atoms with E-state index in [0.29, 0.717) is 0 Å². The molecule has 0 fully saturated rings. The molecule has 2 aromatic rings. The van der Waals surface area contributed by atoms with Crippen molar-refractivity contribution in [2.75, 3.05) is 6.54 Å². The monoisotopic (exact) mass is 223 g/mol. The molecule has 1 N–H and O–H groups in total. The van der Waals surface area contributed by atoms with Gasteiger partial charge in [-0.05, 0) is 23.9 Å². The van der Waals surface area contributed by atoms with Crippen molar-refractivity contribution in [2.24, 2.45) is 0 Å². The van der Waals surface area contributed by atoms with Crippen LogP contribution in [0.2, 0.25) is 0 Å². The van der Waals surface area contributed by atoms with Crippen LogP contribution in [0.3, 0.4) is 0 Å². The fourth-order valence-corrected chi connectivity index (χ4v) is 2.17. The fourth-order valence-electron chi connectivity index (χ4n) is 1.29. The van der Waals surface area contributed by atoms with Gasteiger partial charge in [0.05, 0.1) is 0 Å². The Kier molecular flexibility index (Phi) is 3.47. The van der Waals surface area contributed by atoms with E-state index < -0.39 is 0 Å². The van der Waals surface area contributed by atoms with Gasteiger partial charge in [0.1, 0.15) is 0 Å². The standard InChI is InChI=1S/C10H13N3OS/c1-8-3-5-15-9(8)6-11-4-2-10-12-7-14-13-10/h3,5,7,11H,2,4,6H2,1H3. The summed E-state index contributed by atoms with van der Waals surface area (Å²) >= 11 is 1.79. The maximum atomic E-state index is 4.65. The fraction of sp³-hybridized carbons (Fsp3) is 0.400. The molecule has 0 aromatic carbocycles. The Balaban J connectivity index is 1.70. The van der Waals surface area contributed by atoms with Gasteiger partial charge in [0.15, 0.2) is 5.82 Å². The second kappa shape index (κ2) is 5.04. The highest BCUT2D eigenvalue weighted by Gasteiger charge is 2.00. The van der Waals surface area contributed by atoms with E-state index >= 15 is 0 Å². The molecule has 0 radical (unpaired) electrons. The number of thiophene rings is 1. The summed E-state index contributed by atoms with van der Waals surface area (Å²) in [5, 5.41) is 9.22. The zero-order valence-corrected chi connectivity index (χ0v) is 9.38. The van der Waals surface area contributed by atoms with Gasteiger partial charge in [0.2, 0.25) is 6.39 Å². The first-order valence-corrected chi connectivity index (χ1v) is 5.73. The van der Waals surface area contributed by atoms with Crippen molar-refractivity contribution in [2.45, 2.75) is 19.9 Å². The molecule has 5 heteroatoms. The van der Waals surface area contributed by atoms with Crippen molar-refractivity contribution in [1.29, 1.82) is 0 Å². The minimum atomic E-state index is 0.755. The predicted octanol–water partition coefficient (Wildman–Crippen LogP) is 1.77. The van der Waals surface area contributed by atoms with Gasteiger partial charge in [-0.25, -0.2) is 0 Å². The summed E-state index contributed by atoms with van der Waals surface area (Å²) in [4.78, 5) is 5.34. The summed E-state index contributed by atoms with van der Waals surface area (Å²) in [7, 11) is 0. The number of hydrogen-bond donors (Lipinski definition) is 1. The van der Waals surface area contributed by atoms with Gasteiger partial charge < -0.3 is 9.84 Å². The first-order chi connectivity index (χ1) is 7.36. The van der Waals surface area contributed by atoms with Gasteiger partial charge in [-0.2, -0.15) is 4.98 Å². The summed E-state index contributed by atoms with van der Waals surface area (Å²) < 4.78 is 4.65. The molecule has 2 heterocycles.